The van der Waals surface area contributed by atoms with Crippen LogP contribution in [0.25, 0.3) is 5.82 Å². The summed E-state index contributed by atoms with van der Waals surface area (Å²) in [5.74, 6) is 2.71. The van der Waals surface area contributed by atoms with Crippen molar-refractivity contribution >= 4 is 23.4 Å². The summed E-state index contributed by atoms with van der Waals surface area (Å²) in [6, 6.07) is 3.95. The molecule has 0 aliphatic carbocycles. The lowest BCUT2D eigenvalue weighted by molar-refractivity contribution is 0.829. The van der Waals surface area contributed by atoms with Crippen molar-refractivity contribution in [2.24, 2.45) is 0 Å². The predicted octanol–water partition coefficient (Wildman–Crippen LogP) is 2.98. The predicted molar refractivity (Wildman–Crippen MR) is 66.1 cm³/mol. The molecule has 0 aromatic carbocycles. The second kappa shape index (κ2) is 3.79. The monoisotopic (exact) mass is 251 g/mol. The van der Waals surface area contributed by atoms with Crippen LogP contribution >= 0.6 is 23.4 Å². The molecule has 3 heterocycles. The Morgan fingerprint density at radius 2 is 2.31 bits per heavy atom. The number of rotatable bonds is 1. The molecule has 0 saturated heterocycles. The van der Waals surface area contributed by atoms with E-state index in [4.69, 9.17) is 11.6 Å². The first-order valence-electron chi connectivity index (χ1n) is 5.03. The molecule has 0 amide bonds. The van der Waals surface area contributed by atoms with Gasteiger partial charge in [0.1, 0.15) is 5.15 Å². The normalized spacial score (nSPS) is 14.1. The smallest absolute Gasteiger partial charge is 0.155 e. The quantitative estimate of drug-likeness (QED) is 0.781. The van der Waals surface area contributed by atoms with Crippen molar-refractivity contribution in [2.45, 2.75) is 18.4 Å². The van der Waals surface area contributed by atoms with Gasteiger partial charge in [-0.2, -0.15) is 16.9 Å². The van der Waals surface area contributed by atoms with E-state index in [0.29, 0.717) is 5.15 Å². The third-order valence-electron chi connectivity index (χ3n) is 2.61. The maximum Gasteiger partial charge on any atom is 0.155 e. The Balaban J connectivity index is 2.14. The zero-order valence-electron chi connectivity index (χ0n) is 8.77. The van der Waals surface area contributed by atoms with Crippen LogP contribution in [0.1, 0.15) is 16.8 Å². The van der Waals surface area contributed by atoms with E-state index in [0.717, 1.165) is 34.1 Å². The number of pyridine rings is 1. The lowest BCUT2D eigenvalue weighted by Gasteiger charge is -2.03. The standard InChI is InChI=1S/C11H10ClN3S/c1-7-2-3-13-10(4-7)15-11(12)8-5-16-6-9(8)14-15/h2-4H,5-6H2,1H3. The number of thioether (sulfide) groups is 1. The molecule has 0 N–H and O–H groups in total. The molecular formula is C11H10ClN3S. The van der Waals surface area contributed by atoms with Gasteiger partial charge in [0.25, 0.3) is 0 Å². The topological polar surface area (TPSA) is 30.7 Å². The first-order valence-corrected chi connectivity index (χ1v) is 6.56. The van der Waals surface area contributed by atoms with Crippen LogP contribution in [0.3, 0.4) is 0 Å². The summed E-state index contributed by atoms with van der Waals surface area (Å²) in [5, 5.41) is 5.21. The molecule has 0 unspecified atom stereocenters. The minimum atomic E-state index is 0.707. The summed E-state index contributed by atoms with van der Waals surface area (Å²) in [5.41, 5.74) is 3.42. The van der Waals surface area contributed by atoms with E-state index in [-0.39, 0.29) is 0 Å². The molecule has 2 aromatic rings. The van der Waals surface area contributed by atoms with Crippen LogP contribution in [0.2, 0.25) is 5.15 Å². The van der Waals surface area contributed by atoms with Crippen LogP contribution in [-0.4, -0.2) is 14.8 Å². The van der Waals surface area contributed by atoms with Crippen LogP contribution in [0.15, 0.2) is 18.3 Å². The molecule has 0 radical (unpaired) electrons. The van der Waals surface area contributed by atoms with Gasteiger partial charge in [-0.05, 0) is 24.6 Å². The van der Waals surface area contributed by atoms with Crippen molar-refractivity contribution in [1.29, 1.82) is 0 Å². The lowest BCUT2D eigenvalue weighted by atomic mass is 10.3. The van der Waals surface area contributed by atoms with E-state index in [1.807, 2.05) is 30.8 Å². The Morgan fingerprint density at radius 3 is 3.06 bits per heavy atom. The highest BCUT2D eigenvalue weighted by atomic mass is 35.5. The van der Waals surface area contributed by atoms with Gasteiger partial charge in [-0.25, -0.2) is 9.67 Å². The third-order valence-corrected chi connectivity index (χ3v) is 3.97. The molecule has 2 aromatic heterocycles. The molecule has 0 atom stereocenters. The Hall–Kier alpha value is -1.000. The second-order valence-corrected chi connectivity index (χ2v) is 5.16. The van der Waals surface area contributed by atoms with E-state index in [1.54, 1.807) is 10.9 Å². The van der Waals surface area contributed by atoms with Gasteiger partial charge in [-0.1, -0.05) is 11.6 Å². The first-order chi connectivity index (χ1) is 7.75. The fourth-order valence-electron chi connectivity index (χ4n) is 1.77. The van der Waals surface area contributed by atoms with Gasteiger partial charge in [0.05, 0.1) is 5.69 Å². The van der Waals surface area contributed by atoms with Gasteiger partial charge >= 0.3 is 0 Å². The van der Waals surface area contributed by atoms with E-state index >= 15 is 0 Å². The van der Waals surface area contributed by atoms with E-state index in [1.165, 1.54) is 0 Å². The fraction of sp³-hybridized carbons (Fsp3) is 0.273. The molecule has 0 bridgehead atoms. The molecule has 82 valence electrons. The number of aryl methyl sites for hydroxylation is 1. The highest BCUT2D eigenvalue weighted by Gasteiger charge is 2.22. The van der Waals surface area contributed by atoms with Gasteiger partial charge in [-0.15, -0.1) is 0 Å². The summed E-state index contributed by atoms with van der Waals surface area (Å²) >= 11 is 8.15. The Morgan fingerprint density at radius 1 is 1.44 bits per heavy atom. The molecule has 0 spiro atoms. The molecule has 16 heavy (non-hydrogen) atoms. The Kier molecular flexibility index (Phi) is 2.41. The van der Waals surface area contributed by atoms with E-state index in [9.17, 15) is 0 Å². The van der Waals surface area contributed by atoms with Crippen molar-refractivity contribution < 1.29 is 0 Å². The summed E-state index contributed by atoms with van der Waals surface area (Å²) in [7, 11) is 0. The summed E-state index contributed by atoms with van der Waals surface area (Å²) in [4.78, 5) is 4.29. The third kappa shape index (κ3) is 1.53. The molecule has 0 fully saturated rings. The van der Waals surface area contributed by atoms with Crippen LogP contribution < -0.4 is 0 Å². The summed E-state index contributed by atoms with van der Waals surface area (Å²) < 4.78 is 1.74. The van der Waals surface area contributed by atoms with Gasteiger partial charge in [0.15, 0.2) is 5.82 Å². The Labute approximate surface area is 103 Å². The van der Waals surface area contributed by atoms with Gasteiger partial charge in [0, 0.05) is 23.3 Å². The number of aromatic nitrogens is 3. The fourth-order valence-corrected chi connectivity index (χ4v) is 3.18. The van der Waals surface area contributed by atoms with Gasteiger partial charge in [-0.3, -0.25) is 0 Å². The number of nitrogens with zero attached hydrogens (tertiary/aromatic N) is 3. The number of halogens is 1. The average molecular weight is 252 g/mol. The first kappa shape index (κ1) is 10.2. The van der Waals surface area contributed by atoms with E-state index in [2.05, 4.69) is 10.1 Å². The largest absolute Gasteiger partial charge is 0.237 e. The number of hydrogen-bond donors (Lipinski definition) is 0. The van der Waals surface area contributed by atoms with Crippen LogP contribution in [0, 0.1) is 6.92 Å². The maximum absolute atomic E-state index is 6.30. The van der Waals surface area contributed by atoms with Crippen LogP contribution in [0.4, 0.5) is 0 Å². The van der Waals surface area contributed by atoms with Gasteiger partial charge in [0.2, 0.25) is 0 Å². The lowest BCUT2D eigenvalue weighted by Crippen LogP contribution is -2.00. The van der Waals surface area contributed by atoms with Crippen molar-refractivity contribution in [2.75, 3.05) is 0 Å². The molecule has 5 heteroatoms. The molecule has 3 rings (SSSR count). The molecule has 3 nitrogen and oxygen atoms in total. The molecular weight excluding hydrogens is 242 g/mol. The van der Waals surface area contributed by atoms with Crippen molar-refractivity contribution in [3.05, 3.63) is 40.3 Å². The average Bonchev–Trinajstić information content (AvgIpc) is 2.82. The Bertz CT molecular complexity index is 550. The van der Waals surface area contributed by atoms with Crippen LogP contribution in [-0.2, 0) is 11.5 Å². The van der Waals surface area contributed by atoms with Crippen molar-refractivity contribution in [3.8, 4) is 5.82 Å². The number of fused-ring (bicyclic) bond motifs is 1. The summed E-state index contributed by atoms with van der Waals surface area (Å²) in [6.45, 7) is 2.03. The van der Waals surface area contributed by atoms with Crippen molar-refractivity contribution in [1.82, 2.24) is 14.8 Å². The molecule has 0 saturated carbocycles. The highest BCUT2D eigenvalue weighted by Crippen LogP contribution is 2.35. The van der Waals surface area contributed by atoms with Gasteiger partial charge < -0.3 is 0 Å². The van der Waals surface area contributed by atoms with Crippen molar-refractivity contribution in [3.63, 3.8) is 0 Å². The number of hydrogen-bond acceptors (Lipinski definition) is 3. The zero-order chi connectivity index (χ0) is 11.1. The SMILES string of the molecule is Cc1ccnc(-n2nc3c(c2Cl)CSC3)c1. The van der Waals surface area contributed by atoms with Crippen LogP contribution in [0.5, 0.6) is 0 Å². The minimum Gasteiger partial charge on any atom is -0.237 e. The highest BCUT2D eigenvalue weighted by molar-refractivity contribution is 7.98. The zero-order valence-corrected chi connectivity index (χ0v) is 10.3. The molecule has 1 aliphatic rings. The second-order valence-electron chi connectivity index (χ2n) is 3.81. The van der Waals surface area contributed by atoms with E-state index < -0.39 is 0 Å². The minimum absolute atomic E-state index is 0.707. The molecule has 1 aliphatic heterocycles. The summed E-state index contributed by atoms with van der Waals surface area (Å²) in [6.07, 6.45) is 1.78. The maximum atomic E-state index is 6.30.